The van der Waals surface area contributed by atoms with Crippen LogP contribution in [-0.2, 0) is 13.1 Å². The van der Waals surface area contributed by atoms with Gasteiger partial charge in [-0.15, -0.1) is 24.0 Å². The third kappa shape index (κ3) is 6.10. The second-order valence-electron chi connectivity index (χ2n) is 6.46. The van der Waals surface area contributed by atoms with Gasteiger partial charge >= 0.3 is 0 Å². The maximum atomic E-state index is 5.43. The Hall–Kier alpha value is -1.80. The van der Waals surface area contributed by atoms with Crippen molar-refractivity contribution >= 4 is 29.9 Å². The fourth-order valence-corrected chi connectivity index (χ4v) is 3.31. The van der Waals surface area contributed by atoms with Gasteiger partial charge in [-0.3, -0.25) is 9.89 Å². The molecule has 6 heteroatoms. The van der Waals surface area contributed by atoms with Crippen molar-refractivity contribution in [2.24, 2.45) is 4.99 Å². The molecule has 0 unspecified atom stereocenters. The Bertz CT molecular complexity index is 715. The number of benzene rings is 2. The molecule has 3 rings (SSSR count). The molecule has 5 nitrogen and oxygen atoms in total. The molecule has 0 spiro atoms. The third-order valence-corrected chi connectivity index (χ3v) is 4.76. The number of nitrogens with one attached hydrogen (secondary N) is 1. The predicted octanol–water partition coefficient (Wildman–Crippen LogP) is 3.21. The van der Waals surface area contributed by atoms with Crippen molar-refractivity contribution < 1.29 is 4.74 Å². The first-order valence-electron chi connectivity index (χ1n) is 9.14. The molecule has 1 aliphatic heterocycles. The van der Waals surface area contributed by atoms with Crippen molar-refractivity contribution in [3.63, 3.8) is 0 Å². The van der Waals surface area contributed by atoms with Crippen LogP contribution in [0, 0.1) is 0 Å². The standard InChI is InChI=1S/C21H28N4O.HI/c1-22-21(23-16-19-10-6-7-11-20(19)26-2)25-14-12-24(13-15-25)17-18-8-4-3-5-9-18;/h3-11H,12-17H2,1-2H3,(H,22,23);1H. The van der Waals surface area contributed by atoms with E-state index >= 15 is 0 Å². The monoisotopic (exact) mass is 480 g/mol. The van der Waals surface area contributed by atoms with Gasteiger partial charge in [0.15, 0.2) is 5.96 Å². The number of piperazine rings is 1. The molecular weight excluding hydrogens is 451 g/mol. The van der Waals surface area contributed by atoms with Crippen molar-refractivity contribution in [1.82, 2.24) is 15.1 Å². The Kier molecular flexibility index (Phi) is 8.87. The van der Waals surface area contributed by atoms with E-state index in [1.807, 2.05) is 25.2 Å². The summed E-state index contributed by atoms with van der Waals surface area (Å²) in [4.78, 5) is 9.29. The first kappa shape index (κ1) is 21.5. The van der Waals surface area contributed by atoms with Crippen LogP contribution in [0.1, 0.15) is 11.1 Å². The number of guanidine groups is 1. The number of hydrogen-bond acceptors (Lipinski definition) is 3. The maximum Gasteiger partial charge on any atom is 0.194 e. The molecule has 1 heterocycles. The topological polar surface area (TPSA) is 40.1 Å². The normalized spacial score (nSPS) is 15.2. The number of ether oxygens (including phenoxy) is 1. The lowest BCUT2D eigenvalue weighted by Crippen LogP contribution is -2.52. The summed E-state index contributed by atoms with van der Waals surface area (Å²) >= 11 is 0. The van der Waals surface area contributed by atoms with Crippen molar-refractivity contribution in [1.29, 1.82) is 0 Å². The molecule has 0 bridgehead atoms. The molecule has 1 aliphatic rings. The lowest BCUT2D eigenvalue weighted by atomic mass is 10.2. The van der Waals surface area contributed by atoms with Crippen molar-refractivity contribution in [2.75, 3.05) is 40.3 Å². The van der Waals surface area contributed by atoms with E-state index < -0.39 is 0 Å². The van der Waals surface area contributed by atoms with Gasteiger partial charge in [0.05, 0.1) is 7.11 Å². The second kappa shape index (κ2) is 11.1. The van der Waals surface area contributed by atoms with E-state index in [9.17, 15) is 0 Å². The molecule has 27 heavy (non-hydrogen) atoms. The minimum absolute atomic E-state index is 0. The Labute approximate surface area is 179 Å². The minimum atomic E-state index is 0. The number of rotatable bonds is 5. The molecule has 0 saturated carbocycles. The summed E-state index contributed by atoms with van der Waals surface area (Å²) in [5.41, 5.74) is 2.51. The Morgan fingerprint density at radius 2 is 1.67 bits per heavy atom. The van der Waals surface area contributed by atoms with E-state index in [-0.39, 0.29) is 24.0 Å². The molecule has 0 radical (unpaired) electrons. The number of para-hydroxylation sites is 1. The lowest BCUT2D eigenvalue weighted by Gasteiger charge is -2.36. The van der Waals surface area contributed by atoms with Gasteiger partial charge in [0.2, 0.25) is 0 Å². The summed E-state index contributed by atoms with van der Waals surface area (Å²) in [5, 5.41) is 3.47. The van der Waals surface area contributed by atoms with Crippen molar-refractivity contribution in [3.8, 4) is 5.75 Å². The fraction of sp³-hybridized carbons (Fsp3) is 0.381. The van der Waals surface area contributed by atoms with E-state index in [1.165, 1.54) is 5.56 Å². The molecule has 0 aliphatic carbocycles. The highest BCUT2D eigenvalue weighted by atomic mass is 127. The largest absolute Gasteiger partial charge is 0.496 e. The van der Waals surface area contributed by atoms with E-state index in [0.717, 1.165) is 50.0 Å². The van der Waals surface area contributed by atoms with E-state index in [2.05, 4.69) is 56.5 Å². The Morgan fingerprint density at radius 1 is 1.00 bits per heavy atom. The molecule has 146 valence electrons. The Balaban J connectivity index is 0.00000261. The van der Waals surface area contributed by atoms with Gasteiger partial charge in [0.1, 0.15) is 5.75 Å². The highest BCUT2D eigenvalue weighted by Crippen LogP contribution is 2.17. The van der Waals surface area contributed by atoms with Crippen LogP contribution in [0.5, 0.6) is 5.75 Å². The molecule has 2 aromatic rings. The van der Waals surface area contributed by atoms with Crippen LogP contribution in [0.3, 0.4) is 0 Å². The van der Waals surface area contributed by atoms with E-state index in [4.69, 9.17) is 4.74 Å². The molecule has 0 atom stereocenters. The zero-order valence-electron chi connectivity index (χ0n) is 16.1. The molecular formula is C21H29IN4O. The van der Waals surface area contributed by atoms with Crippen LogP contribution < -0.4 is 10.1 Å². The van der Waals surface area contributed by atoms with Gasteiger partial charge < -0.3 is 15.0 Å². The van der Waals surface area contributed by atoms with E-state index in [0.29, 0.717) is 6.54 Å². The smallest absolute Gasteiger partial charge is 0.194 e. The average molecular weight is 480 g/mol. The summed E-state index contributed by atoms with van der Waals surface area (Å²) in [6.07, 6.45) is 0. The Morgan fingerprint density at radius 3 is 2.33 bits per heavy atom. The van der Waals surface area contributed by atoms with Gasteiger partial charge in [0.25, 0.3) is 0 Å². The van der Waals surface area contributed by atoms with Gasteiger partial charge in [-0.25, -0.2) is 0 Å². The van der Waals surface area contributed by atoms with Crippen LogP contribution in [0.25, 0.3) is 0 Å². The molecule has 1 N–H and O–H groups in total. The zero-order valence-corrected chi connectivity index (χ0v) is 18.4. The molecule has 1 fully saturated rings. The van der Waals surface area contributed by atoms with Crippen LogP contribution in [-0.4, -0.2) is 56.1 Å². The molecule has 1 saturated heterocycles. The highest BCUT2D eigenvalue weighted by molar-refractivity contribution is 14.0. The SMILES string of the molecule is CN=C(NCc1ccccc1OC)N1CCN(Cc2ccccc2)CC1.I. The quantitative estimate of drug-likeness (QED) is 0.406. The summed E-state index contributed by atoms with van der Waals surface area (Å²) in [6.45, 7) is 5.79. The van der Waals surface area contributed by atoms with Gasteiger partial charge in [-0.1, -0.05) is 48.5 Å². The van der Waals surface area contributed by atoms with Gasteiger partial charge in [-0.2, -0.15) is 0 Å². The first-order chi connectivity index (χ1) is 12.8. The van der Waals surface area contributed by atoms with Gasteiger partial charge in [-0.05, 0) is 11.6 Å². The van der Waals surface area contributed by atoms with E-state index in [1.54, 1.807) is 7.11 Å². The minimum Gasteiger partial charge on any atom is -0.496 e. The van der Waals surface area contributed by atoms with Crippen LogP contribution in [0.4, 0.5) is 0 Å². The summed E-state index contributed by atoms with van der Waals surface area (Å²) in [7, 11) is 3.56. The van der Waals surface area contributed by atoms with Gasteiger partial charge in [0, 0.05) is 51.9 Å². The third-order valence-electron chi connectivity index (χ3n) is 4.76. The number of aliphatic imine (C=N–C) groups is 1. The number of halogens is 1. The number of methoxy groups -OCH3 is 1. The zero-order chi connectivity index (χ0) is 18.2. The first-order valence-corrected chi connectivity index (χ1v) is 9.14. The number of hydrogen-bond donors (Lipinski definition) is 1. The molecule has 2 aromatic carbocycles. The van der Waals surface area contributed by atoms with Crippen LogP contribution in [0.15, 0.2) is 59.6 Å². The molecule has 0 amide bonds. The summed E-state index contributed by atoms with van der Waals surface area (Å²) < 4.78 is 5.43. The summed E-state index contributed by atoms with van der Waals surface area (Å²) in [5.74, 6) is 1.86. The second-order valence-corrected chi connectivity index (χ2v) is 6.46. The highest BCUT2D eigenvalue weighted by Gasteiger charge is 2.19. The predicted molar refractivity (Wildman–Crippen MR) is 122 cm³/mol. The van der Waals surface area contributed by atoms with Crippen molar-refractivity contribution in [3.05, 3.63) is 65.7 Å². The molecule has 0 aromatic heterocycles. The fourth-order valence-electron chi connectivity index (χ4n) is 3.31. The number of nitrogens with zero attached hydrogens (tertiary/aromatic N) is 3. The van der Waals surface area contributed by atoms with Crippen molar-refractivity contribution in [2.45, 2.75) is 13.1 Å². The lowest BCUT2D eigenvalue weighted by molar-refractivity contribution is 0.172. The van der Waals surface area contributed by atoms with Crippen LogP contribution in [0.2, 0.25) is 0 Å². The summed E-state index contributed by atoms with van der Waals surface area (Å²) in [6, 6.07) is 18.8. The van der Waals surface area contributed by atoms with Crippen LogP contribution >= 0.6 is 24.0 Å². The maximum absolute atomic E-state index is 5.43. The average Bonchev–Trinajstić information content (AvgIpc) is 2.70.